The number of halogens is 1. The number of nitrogens with zero attached hydrogens (tertiary/aromatic N) is 2. The average Bonchev–Trinajstić information content (AvgIpc) is 2.46. The molecule has 0 saturated heterocycles. The Bertz CT molecular complexity index is 792. The number of carbonyl (C=O) groups is 1. The maximum Gasteiger partial charge on any atom is 0.337 e. The fourth-order valence-electron chi connectivity index (χ4n) is 1.77. The predicted molar refractivity (Wildman–Crippen MR) is 78.2 cm³/mol. The molecule has 21 heavy (non-hydrogen) atoms. The third-order valence-electron chi connectivity index (χ3n) is 2.84. The van der Waals surface area contributed by atoms with E-state index in [-0.39, 0.29) is 21.3 Å². The van der Waals surface area contributed by atoms with Crippen LogP contribution >= 0.6 is 11.6 Å². The van der Waals surface area contributed by atoms with Gasteiger partial charge in [-0.25, -0.2) is 18.2 Å². The minimum Gasteiger partial charge on any atom is -0.478 e. The summed E-state index contributed by atoms with van der Waals surface area (Å²) in [5.41, 5.74) is -0.0755. The summed E-state index contributed by atoms with van der Waals surface area (Å²) >= 11 is 5.81. The van der Waals surface area contributed by atoms with Gasteiger partial charge >= 0.3 is 5.97 Å². The molecule has 0 aliphatic carbocycles. The van der Waals surface area contributed by atoms with E-state index in [0.29, 0.717) is 0 Å². The molecule has 6 nitrogen and oxygen atoms in total. The average molecular weight is 327 g/mol. The third kappa shape index (κ3) is 2.84. The molecule has 1 N–H and O–H groups in total. The van der Waals surface area contributed by atoms with Crippen LogP contribution in [0, 0.1) is 0 Å². The molecule has 0 spiro atoms. The van der Waals surface area contributed by atoms with Crippen molar-refractivity contribution in [3.63, 3.8) is 0 Å². The molecule has 1 aromatic carbocycles. The molecule has 0 fully saturated rings. The Morgan fingerprint density at radius 2 is 1.90 bits per heavy atom. The molecule has 110 valence electrons. The number of para-hydroxylation sites is 1. The van der Waals surface area contributed by atoms with Gasteiger partial charge in [-0.3, -0.25) is 4.31 Å². The van der Waals surface area contributed by atoms with Crippen LogP contribution in [-0.4, -0.2) is 31.5 Å². The van der Waals surface area contributed by atoms with Crippen molar-refractivity contribution in [2.24, 2.45) is 0 Å². The maximum absolute atomic E-state index is 12.5. The van der Waals surface area contributed by atoms with Gasteiger partial charge in [0.1, 0.15) is 10.0 Å². The molecule has 1 aromatic heterocycles. The van der Waals surface area contributed by atoms with E-state index < -0.39 is 16.0 Å². The summed E-state index contributed by atoms with van der Waals surface area (Å²) in [5.74, 6) is -1.22. The number of pyridine rings is 1. The highest BCUT2D eigenvalue weighted by Crippen LogP contribution is 2.28. The monoisotopic (exact) mass is 326 g/mol. The van der Waals surface area contributed by atoms with Gasteiger partial charge in [0.15, 0.2) is 0 Å². The van der Waals surface area contributed by atoms with Crippen molar-refractivity contribution < 1.29 is 18.3 Å². The lowest BCUT2D eigenvalue weighted by Crippen LogP contribution is -2.28. The van der Waals surface area contributed by atoms with Crippen LogP contribution in [0.1, 0.15) is 10.4 Å². The molecule has 0 unspecified atom stereocenters. The minimum atomic E-state index is -4.00. The van der Waals surface area contributed by atoms with E-state index in [0.717, 1.165) is 4.31 Å². The molecule has 2 aromatic rings. The third-order valence-corrected chi connectivity index (χ3v) is 5.05. The normalized spacial score (nSPS) is 11.1. The molecule has 8 heteroatoms. The van der Waals surface area contributed by atoms with Gasteiger partial charge in [-0.2, -0.15) is 0 Å². The topological polar surface area (TPSA) is 87.6 Å². The van der Waals surface area contributed by atoms with Crippen molar-refractivity contribution in [2.75, 3.05) is 11.4 Å². The molecule has 0 atom stereocenters. The summed E-state index contributed by atoms with van der Waals surface area (Å²) in [4.78, 5) is 14.7. The van der Waals surface area contributed by atoms with E-state index in [4.69, 9.17) is 16.7 Å². The SMILES string of the molecule is CN(c1ccccc1C(=O)O)S(=O)(=O)c1cccnc1Cl. The zero-order chi connectivity index (χ0) is 15.6. The predicted octanol–water partition coefficient (Wildman–Crippen LogP) is 2.26. The summed E-state index contributed by atoms with van der Waals surface area (Å²) in [5, 5.41) is 8.98. The lowest BCUT2D eigenvalue weighted by Gasteiger charge is -2.21. The van der Waals surface area contributed by atoms with E-state index in [1.165, 1.54) is 43.6 Å². The second-order valence-corrected chi connectivity index (χ2v) is 6.38. The second kappa shape index (κ2) is 5.71. The molecular weight excluding hydrogens is 316 g/mol. The van der Waals surface area contributed by atoms with Gasteiger partial charge in [0.2, 0.25) is 0 Å². The van der Waals surface area contributed by atoms with Crippen LogP contribution in [-0.2, 0) is 10.0 Å². The number of sulfonamides is 1. The standard InChI is InChI=1S/C13H11ClN2O4S/c1-16(10-6-3-2-5-9(10)13(17)18)21(19,20)11-7-4-8-15-12(11)14/h2-8H,1H3,(H,17,18). The molecule has 0 amide bonds. The number of hydrogen-bond acceptors (Lipinski definition) is 4. The van der Waals surface area contributed by atoms with Crippen molar-refractivity contribution in [3.8, 4) is 0 Å². The zero-order valence-corrected chi connectivity index (χ0v) is 12.5. The smallest absolute Gasteiger partial charge is 0.337 e. The number of aromatic nitrogens is 1. The molecule has 0 aliphatic heterocycles. The number of hydrogen-bond donors (Lipinski definition) is 1. The van der Waals surface area contributed by atoms with Gasteiger partial charge in [-0.1, -0.05) is 23.7 Å². The highest BCUT2D eigenvalue weighted by Gasteiger charge is 2.27. The first-order valence-electron chi connectivity index (χ1n) is 5.77. The van der Waals surface area contributed by atoms with Crippen molar-refractivity contribution >= 4 is 33.3 Å². The van der Waals surface area contributed by atoms with E-state index in [1.54, 1.807) is 6.07 Å². The number of rotatable bonds is 4. The Morgan fingerprint density at radius 1 is 1.24 bits per heavy atom. The van der Waals surface area contributed by atoms with Crippen LogP contribution in [0.4, 0.5) is 5.69 Å². The fourth-order valence-corrected chi connectivity index (χ4v) is 3.41. The highest BCUT2D eigenvalue weighted by molar-refractivity contribution is 7.93. The van der Waals surface area contributed by atoms with Gasteiger partial charge in [0, 0.05) is 13.2 Å². The van der Waals surface area contributed by atoms with E-state index in [1.807, 2.05) is 0 Å². The lowest BCUT2D eigenvalue weighted by molar-refractivity contribution is 0.0698. The van der Waals surface area contributed by atoms with Crippen molar-refractivity contribution in [1.29, 1.82) is 0 Å². The molecule has 0 saturated carbocycles. The molecule has 0 bridgehead atoms. The maximum atomic E-state index is 12.5. The second-order valence-electron chi connectivity index (χ2n) is 4.09. The first-order chi connectivity index (χ1) is 9.85. The summed E-state index contributed by atoms with van der Waals surface area (Å²) in [6.45, 7) is 0. The quantitative estimate of drug-likeness (QED) is 0.871. The Balaban J connectivity index is 2.57. The molecular formula is C13H11ClN2O4S. The first-order valence-corrected chi connectivity index (χ1v) is 7.59. The minimum absolute atomic E-state index is 0.0462. The zero-order valence-electron chi connectivity index (χ0n) is 10.9. The number of aromatic carboxylic acids is 1. The summed E-state index contributed by atoms with van der Waals surface area (Å²) in [7, 11) is -2.74. The molecule has 1 heterocycles. The lowest BCUT2D eigenvalue weighted by atomic mass is 10.2. The Kier molecular flexibility index (Phi) is 4.15. The summed E-state index contributed by atoms with van der Waals surface area (Å²) in [6.07, 6.45) is 1.37. The Morgan fingerprint density at radius 3 is 2.52 bits per heavy atom. The fraction of sp³-hybridized carbons (Fsp3) is 0.0769. The largest absolute Gasteiger partial charge is 0.478 e. The van der Waals surface area contributed by atoms with Crippen LogP contribution in [0.2, 0.25) is 5.15 Å². The summed E-state index contributed by atoms with van der Waals surface area (Å²) in [6, 6.07) is 8.56. The van der Waals surface area contributed by atoms with Crippen LogP contribution < -0.4 is 4.31 Å². The van der Waals surface area contributed by atoms with Gasteiger partial charge in [0.25, 0.3) is 10.0 Å². The number of anilines is 1. The van der Waals surface area contributed by atoms with E-state index in [2.05, 4.69) is 4.98 Å². The van der Waals surface area contributed by atoms with Gasteiger partial charge in [-0.15, -0.1) is 0 Å². The van der Waals surface area contributed by atoms with E-state index in [9.17, 15) is 13.2 Å². The molecule has 2 rings (SSSR count). The Hall–Kier alpha value is -2.12. The van der Waals surface area contributed by atoms with E-state index >= 15 is 0 Å². The number of carboxylic acids is 1. The highest BCUT2D eigenvalue weighted by atomic mass is 35.5. The first kappa shape index (κ1) is 15.3. The van der Waals surface area contributed by atoms with Gasteiger partial charge in [-0.05, 0) is 24.3 Å². The van der Waals surface area contributed by atoms with Crippen molar-refractivity contribution in [2.45, 2.75) is 4.90 Å². The van der Waals surface area contributed by atoms with Crippen LogP contribution in [0.3, 0.4) is 0 Å². The molecule has 0 aliphatic rings. The van der Waals surface area contributed by atoms with Crippen molar-refractivity contribution in [1.82, 2.24) is 4.98 Å². The van der Waals surface area contributed by atoms with Crippen LogP contribution in [0.15, 0.2) is 47.5 Å². The number of benzene rings is 1. The van der Waals surface area contributed by atoms with Crippen LogP contribution in [0.25, 0.3) is 0 Å². The van der Waals surface area contributed by atoms with Gasteiger partial charge in [0.05, 0.1) is 11.3 Å². The van der Waals surface area contributed by atoms with Gasteiger partial charge < -0.3 is 5.11 Å². The van der Waals surface area contributed by atoms with Crippen molar-refractivity contribution in [3.05, 3.63) is 53.3 Å². The Labute approximate surface area is 126 Å². The number of carboxylic acid groups (broad SMARTS) is 1. The molecule has 0 radical (unpaired) electrons. The van der Waals surface area contributed by atoms with Crippen LogP contribution in [0.5, 0.6) is 0 Å². The summed E-state index contributed by atoms with van der Waals surface area (Å²) < 4.78 is 25.9.